The molecule has 0 unspecified atom stereocenters. The Morgan fingerprint density at radius 1 is 1.03 bits per heavy atom. The Labute approximate surface area is 220 Å². The largest absolute Gasteiger partial charge is 0.475 e. The maximum absolute atomic E-state index is 13.1. The molecule has 10 heteroatoms. The lowest BCUT2D eigenvalue weighted by Crippen LogP contribution is -2.28. The molecule has 4 aromatic rings. The van der Waals surface area contributed by atoms with Crippen LogP contribution in [0.1, 0.15) is 18.4 Å². The summed E-state index contributed by atoms with van der Waals surface area (Å²) in [6.45, 7) is 0.895. The molecule has 38 heavy (non-hydrogen) atoms. The molecule has 1 amide bonds. The second-order valence-electron chi connectivity index (χ2n) is 9.64. The number of carbonyl (C=O) groups excluding carboxylic acids is 1. The van der Waals surface area contributed by atoms with Crippen LogP contribution in [0.2, 0.25) is 0 Å². The monoisotopic (exact) mass is 529 g/mol. The average molecular weight is 530 g/mol. The Balaban J connectivity index is 1.43. The third kappa shape index (κ3) is 3.97. The fourth-order valence-electron chi connectivity index (χ4n) is 5.10. The standard InChI is InChI=1S/C28H27N5O4S/c1-29-12-13-37-26-23(32-38(35,36)20-6-4-3-5-7-20)15-19(16-31-26)18-8-9-22-21(14-18)25-24(17-30-22)33(2)27(34)28(25)10-11-28/h3-9,14-17,29,32H,10-13H2,1-2H3. The van der Waals surface area contributed by atoms with Crippen LogP contribution in [0.25, 0.3) is 22.0 Å². The highest BCUT2D eigenvalue weighted by atomic mass is 32.2. The van der Waals surface area contributed by atoms with Gasteiger partial charge in [0.05, 0.1) is 27.7 Å². The van der Waals surface area contributed by atoms with Crippen molar-refractivity contribution in [1.82, 2.24) is 15.3 Å². The lowest BCUT2D eigenvalue weighted by Gasteiger charge is -2.15. The number of nitrogens with one attached hydrogen (secondary N) is 2. The van der Waals surface area contributed by atoms with E-state index in [1.54, 1.807) is 55.7 Å². The number of nitrogens with zero attached hydrogens (tertiary/aromatic N) is 3. The Morgan fingerprint density at radius 2 is 1.82 bits per heavy atom. The van der Waals surface area contributed by atoms with Crippen LogP contribution in [0, 0.1) is 0 Å². The van der Waals surface area contributed by atoms with Crippen LogP contribution in [0.5, 0.6) is 5.88 Å². The van der Waals surface area contributed by atoms with Crippen LogP contribution in [0.15, 0.2) is 71.9 Å². The molecule has 9 nitrogen and oxygen atoms in total. The van der Waals surface area contributed by atoms with Crippen LogP contribution >= 0.6 is 0 Å². The maximum Gasteiger partial charge on any atom is 0.262 e. The molecule has 6 rings (SSSR count). The van der Waals surface area contributed by atoms with Gasteiger partial charge >= 0.3 is 0 Å². The molecule has 2 aromatic heterocycles. The number of aromatic nitrogens is 2. The number of pyridine rings is 2. The van der Waals surface area contributed by atoms with Crippen molar-refractivity contribution in [3.8, 4) is 17.0 Å². The number of sulfonamides is 1. The van der Waals surface area contributed by atoms with Gasteiger partial charge in [-0.05, 0) is 55.8 Å². The first kappa shape index (κ1) is 24.3. The summed E-state index contributed by atoms with van der Waals surface area (Å²) in [5, 5.41) is 3.93. The molecule has 3 heterocycles. The first-order valence-electron chi connectivity index (χ1n) is 12.4. The van der Waals surface area contributed by atoms with Gasteiger partial charge in [-0.15, -0.1) is 0 Å². The van der Waals surface area contributed by atoms with Crippen molar-refractivity contribution in [2.24, 2.45) is 0 Å². The summed E-state index contributed by atoms with van der Waals surface area (Å²) in [5.41, 5.74) is 4.02. The third-order valence-electron chi connectivity index (χ3n) is 7.23. The third-order valence-corrected chi connectivity index (χ3v) is 8.61. The fraction of sp³-hybridized carbons (Fsp3) is 0.250. The minimum Gasteiger partial charge on any atom is -0.475 e. The highest BCUT2D eigenvalue weighted by Crippen LogP contribution is 2.58. The number of rotatable bonds is 8. The van der Waals surface area contributed by atoms with Gasteiger partial charge in [0.25, 0.3) is 10.0 Å². The van der Waals surface area contributed by atoms with Crippen LogP contribution in [0.3, 0.4) is 0 Å². The van der Waals surface area contributed by atoms with E-state index in [1.165, 1.54) is 12.1 Å². The topological polar surface area (TPSA) is 114 Å². The zero-order valence-electron chi connectivity index (χ0n) is 21.1. The molecule has 2 aliphatic rings. The second-order valence-corrected chi connectivity index (χ2v) is 11.3. The smallest absolute Gasteiger partial charge is 0.262 e. The highest BCUT2D eigenvalue weighted by molar-refractivity contribution is 7.92. The van der Waals surface area contributed by atoms with E-state index in [4.69, 9.17) is 4.74 Å². The highest BCUT2D eigenvalue weighted by Gasteiger charge is 2.59. The number of benzene rings is 2. The predicted octanol–water partition coefficient (Wildman–Crippen LogP) is 3.70. The van der Waals surface area contributed by atoms with E-state index < -0.39 is 15.4 Å². The SMILES string of the molecule is CNCCOc1ncc(-c2ccc3ncc4c(c3c2)C2(CC2)C(=O)N4C)cc1NS(=O)(=O)c1ccccc1. The summed E-state index contributed by atoms with van der Waals surface area (Å²) in [5.74, 6) is 0.311. The fourth-order valence-corrected chi connectivity index (χ4v) is 6.17. The molecule has 1 aliphatic carbocycles. The number of amides is 1. The van der Waals surface area contributed by atoms with Crippen LogP contribution < -0.4 is 19.7 Å². The van der Waals surface area contributed by atoms with Gasteiger partial charge in [0, 0.05) is 36.3 Å². The molecule has 1 fully saturated rings. The molecule has 1 aliphatic heterocycles. The van der Waals surface area contributed by atoms with Crippen molar-refractivity contribution in [2.75, 3.05) is 36.9 Å². The Bertz CT molecular complexity index is 1670. The van der Waals surface area contributed by atoms with Crippen molar-refractivity contribution in [3.05, 3.63) is 72.6 Å². The van der Waals surface area contributed by atoms with Crippen molar-refractivity contribution < 1.29 is 17.9 Å². The molecule has 1 spiro atoms. The first-order valence-corrected chi connectivity index (χ1v) is 13.9. The Kier molecular flexibility index (Phi) is 5.81. The number of carbonyl (C=O) groups is 1. The summed E-state index contributed by atoms with van der Waals surface area (Å²) in [7, 11) is -0.260. The molecule has 0 saturated heterocycles. The molecule has 2 aromatic carbocycles. The normalized spacial score (nSPS) is 15.6. The van der Waals surface area contributed by atoms with E-state index in [9.17, 15) is 13.2 Å². The Morgan fingerprint density at radius 3 is 2.55 bits per heavy atom. The zero-order chi connectivity index (χ0) is 26.5. The molecule has 1 saturated carbocycles. The van der Waals surface area contributed by atoms with Crippen LogP contribution in [0.4, 0.5) is 11.4 Å². The van der Waals surface area contributed by atoms with E-state index >= 15 is 0 Å². The number of ether oxygens (including phenoxy) is 1. The van der Waals surface area contributed by atoms with Gasteiger partial charge in [0.1, 0.15) is 12.3 Å². The number of hydrogen-bond donors (Lipinski definition) is 2. The number of hydrogen-bond acceptors (Lipinski definition) is 7. The predicted molar refractivity (Wildman–Crippen MR) is 146 cm³/mol. The molecular formula is C28H27N5O4S. The van der Waals surface area contributed by atoms with Crippen molar-refractivity contribution in [3.63, 3.8) is 0 Å². The molecular weight excluding hydrogens is 502 g/mol. The minimum atomic E-state index is -3.87. The summed E-state index contributed by atoms with van der Waals surface area (Å²) in [4.78, 5) is 23.9. The molecule has 2 N–H and O–H groups in total. The molecule has 0 bridgehead atoms. The zero-order valence-corrected chi connectivity index (χ0v) is 21.9. The second kappa shape index (κ2) is 9.07. The van der Waals surface area contributed by atoms with E-state index in [2.05, 4.69) is 20.0 Å². The number of anilines is 2. The van der Waals surface area contributed by atoms with E-state index in [1.807, 2.05) is 18.2 Å². The van der Waals surface area contributed by atoms with Gasteiger partial charge in [0.15, 0.2) is 0 Å². The Hall–Kier alpha value is -4.02. The van der Waals surface area contributed by atoms with Gasteiger partial charge in [-0.3, -0.25) is 14.5 Å². The van der Waals surface area contributed by atoms with E-state index in [0.717, 1.165) is 40.6 Å². The van der Waals surface area contributed by atoms with Crippen molar-refractivity contribution in [1.29, 1.82) is 0 Å². The van der Waals surface area contributed by atoms with Gasteiger partial charge in [-0.1, -0.05) is 24.3 Å². The van der Waals surface area contributed by atoms with Gasteiger partial charge < -0.3 is 15.0 Å². The summed E-state index contributed by atoms with van der Waals surface area (Å²) in [6.07, 6.45) is 5.10. The lowest BCUT2D eigenvalue weighted by atomic mass is 9.92. The molecule has 194 valence electrons. The summed E-state index contributed by atoms with van der Waals surface area (Å²) in [6, 6.07) is 15.8. The van der Waals surface area contributed by atoms with Gasteiger partial charge in [-0.25, -0.2) is 13.4 Å². The average Bonchev–Trinajstić information content (AvgIpc) is 3.70. The van der Waals surface area contributed by atoms with Gasteiger partial charge in [-0.2, -0.15) is 0 Å². The molecule has 0 atom stereocenters. The molecule has 0 radical (unpaired) electrons. The van der Waals surface area contributed by atoms with Crippen molar-refractivity contribution >= 4 is 38.2 Å². The number of likely N-dealkylation sites (N-methyl/N-ethyl adjacent to an activating group) is 2. The van der Waals surface area contributed by atoms with E-state index in [-0.39, 0.29) is 22.4 Å². The van der Waals surface area contributed by atoms with Crippen LogP contribution in [-0.4, -0.2) is 51.5 Å². The summed E-state index contributed by atoms with van der Waals surface area (Å²) < 4.78 is 34.7. The summed E-state index contributed by atoms with van der Waals surface area (Å²) >= 11 is 0. The van der Waals surface area contributed by atoms with E-state index in [0.29, 0.717) is 18.7 Å². The van der Waals surface area contributed by atoms with Gasteiger partial charge in [0.2, 0.25) is 11.8 Å². The maximum atomic E-state index is 13.1. The first-order chi connectivity index (χ1) is 18.3. The minimum absolute atomic E-state index is 0.120. The number of fused-ring (bicyclic) bond motifs is 4. The lowest BCUT2D eigenvalue weighted by molar-refractivity contribution is -0.119. The van der Waals surface area contributed by atoms with Crippen LogP contribution in [-0.2, 0) is 20.2 Å². The van der Waals surface area contributed by atoms with Crippen molar-refractivity contribution in [2.45, 2.75) is 23.2 Å². The quantitative estimate of drug-likeness (QED) is 0.335.